The minimum Gasteiger partial charge on any atom is -0.481 e. The van der Waals surface area contributed by atoms with Crippen molar-refractivity contribution in [3.8, 4) is 23.1 Å². The van der Waals surface area contributed by atoms with Crippen molar-refractivity contribution >= 4 is 0 Å². The normalized spacial score (nSPS) is 9.83. The molecule has 0 N–H and O–H groups in total. The summed E-state index contributed by atoms with van der Waals surface area (Å²) in [5.74, 6) is 0.137. The maximum absolute atomic E-state index is 12.9. The minimum absolute atomic E-state index is 0.256. The number of nitrogens with zero attached hydrogens (tertiary/aromatic N) is 2. The molecule has 0 aliphatic heterocycles. The van der Waals surface area contributed by atoms with Gasteiger partial charge in [-0.15, -0.1) is 0 Å². The highest BCUT2D eigenvalue weighted by Crippen LogP contribution is 2.31. The smallest absolute Gasteiger partial charge is 0.221 e. The number of halogens is 1. The topological polar surface area (TPSA) is 45.9 Å². The van der Waals surface area contributed by atoms with E-state index in [1.165, 1.54) is 19.2 Å². The monoisotopic (exact) mass is 242 g/mol. The van der Waals surface area contributed by atoms with Crippen molar-refractivity contribution in [2.75, 3.05) is 7.11 Å². The molecule has 1 aromatic heterocycles. The summed E-state index contributed by atoms with van der Waals surface area (Å²) >= 11 is 0. The van der Waals surface area contributed by atoms with Crippen molar-refractivity contribution in [3.05, 3.63) is 47.9 Å². The van der Waals surface area contributed by atoms with E-state index < -0.39 is 0 Å². The second-order valence-corrected chi connectivity index (χ2v) is 3.70. The van der Waals surface area contributed by atoms with E-state index in [1.54, 1.807) is 24.4 Å². The van der Waals surface area contributed by atoms with Gasteiger partial charge in [0.05, 0.1) is 19.6 Å². The molecule has 1 heterocycles. The number of nitriles is 1. The van der Waals surface area contributed by atoms with Crippen LogP contribution in [0.4, 0.5) is 4.39 Å². The van der Waals surface area contributed by atoms with Gasteiger partial charge in [0.2, 0.25) is 5.88 Å². The number of benzene rings is 1. The summed E-state index contributed by atoms with van der Waals surface area (Å²) in [5, 5.41) is 8.83. The van der Waals surface area contributed by atoms with Gasteiger partial charge in [0.15, 0.2) is 0 Å². The van der Waals surface area contributed by atoms with Gasteiger partial charge < -0.3 is 4.74 Å². The lowest BCUT2D eigenvalue weighted by molar-refractivity contribution is 0.399. The van der Waals surface area contributed by atoms with Gasteiger partial charge in [-0.2, -0.15) is 5.26 Å². The highest BCUT2D eigenvalue weighted by molar-refractivity contribution is 5.72. The SMILES string of the molecule is COc1nccc(CC#N)c1-c1ccc(F)cc1. The molecule has 0 spiro atoms. The molecule has 0 aliphatic rings. The van der Waals surface area contributed by atoms with Crippen molar-refractivity contribution in [2.45, 2.75) is 6.42 Å². The highest BCUT2D eigenvalue weighted by Gasteiger charge is 2.12. The van der Waals surface area contributed by atoms with Crippen LogP contribution in [-0.4, -0.2) is 12.1 Å². The minimum atomic E-state index is -0.302. The molecule has 0 saturated carbocycles. The Labute approximate surface area is 104 Å². The van der Waals surface area contributed by atoms with E-state index in [1.807, 2.05) is 0 Å². The molecule has 2 aromatic rings. The van der Waals surface area contributed by atoms with Crippen molar-refractivity contribution in [3.63, 3.8) is 0 Å². The number of hydrogen-bond donors (Lipinski definition) is 0. The third-order valence-electron chi connectivity index (χ3n) is 2.60. The van der Waals surface area contributed by atoms with E-state index >= 15 is 0 Å². The Bertz CT molecular complexity index is 588. The third kappa shape index (κ3) is 2.30. The van der Waals surface area contributed by atoms with Crippen LogP contribution in [0.5, 0.6) is 5.88 Å². The molecule has 90 valence electrons. The Kier molecular flexibility index (Phi) is 3.54. The lowest BCUT2D eigenvalue weighted by atomic mass is 9.99. The number of aromatic nitrogens is 1. The van der Waals surface area contributed by atoms with E-state index in [-0.39, 0.29) is 12.2 Å². The molecular formula is C14H11FN2O. The van der Waals surface area contributed by atoms with Crippen molar-refractivity contribution < 1.29 is 9.13 Å². The van der Waals surface area contributed by atoms with Gasteiger partial charge >= 0.3 is 0 Å². The highest BCUT2D eigenvalue weighted by atomic mass is 19.1. The Morgan fingerprint density at radius 2 is 2.00 bits per heavy atom. The maximum Gasteiger partial charge on any atom is 0.221 e. The summed E-state index contributed by atoms with van der Waals surface area (Å²) in [6, 6.07) is 9.91. The van der Waals surface area contributed by atoms with E-state index in [2.05, 4.69) is 11.1 Å². The molecule has 1 aromatic carbocycles. The zero-order valence-electron chi connectivity index (χ0n) is 9.85. The summed E-state index contributed by atoms with van der Waals surface area (Å²) in [5.41, 5.74) is 2.34. The first-order valence-electron chi connectivity index (χ1n) is 5.41. The molecule has 0 saturated heterocycles. The van der Waals surface area contributed by atoms with Crippen LogP contribution >= 0.6 is 0 Å². The summed E-state index contributed by atoms with van der Waals surface area (Å²) in [6.07, 6.45) is 1.85. The Hall–Kier alpha value is -2.41. The van der Waals surface area contributed by atoms with Crippen LogP contribution in [0, 0.1) is 17.1 Å². The van der Waals surface area contributed by atoms with Gasteiger partial charge in [-0.25, -0.2) is 9.37 Å². The van der Waals surface area contributed by atoms with Gasteiger partial charge in [-0.05, 0) is 29.3 Å². The van der Waals surface area contributed by atoms with E-state index in [0.29, 0.717) is 5.88 Å². The number of methoxy groups -OCH3 is 1. The van der Waals surface area contributed by atoms with Crippen LogP contribution < -0.4 is 4.74 Å². The van der Waals surface area contributed by atoms with E-state index in [0.717, 1.165) is 16.7 Å². The van der Waals surface area contributed by atoms with E-state index in [9.17, 15) is 4.39 Å². The van der Waals surface area contributed by atoms with Crippen LogP contribution in [-0.2, 0) is 6.42 Å². The fourth-order valence-corrected chi connectivity index (χ4v) is 1.79. The van der Waals surface area contributed by atoms with Crippen LogP contribution in [0.25, 0.3) is 11.1 Å². The fraction of sp³-hybridized carbons (Fsp3) is 0.143. The summed E-state index contributed by atoms with van der Waals surface area (Å²) in [6.45, 7) is 0. The molecule has 0 atom stereocenters. The van der Waals surface area contributed by atoms with Crippen molar-refractivity contribution in [1.82, 2.24) is 4.98 Å². The molecular weight excluding hydrogens is 231 g/mol. The molecule has 2 rings (SSSR count). The van der Waals surface area contributed by atoms with Gasteiger partial charge in [0, 0.05) is 11.8 Å². The molecule has 0 aliphatic carbocycles. The zero-order chi connectivity index (χ0) is 13.0. The zero-order valence-corrected chi connectivity index (χ0v) is 9.85. The maximum atomic E-state index is 12.9. The number of ether oxygens (including phenoxy) is 1. The largest absolute Gasteiger partial charge is 0.481 e. The first kappa shape index (κ1) is 12.1. The lowest BCUT2D eigenvalue weighted by Gasteiger charge is -2.11. The Morgan fingerprint density at radius 1 is 1.28 bits per heavy atom. The second-order valence-electron chi connectivity index (χ2n) is 3.70. The fourth-order valence-electron chi connectivity index (χ4n) is 1.79. The summed E-state index contributed by atoms with van der Waals surface area (Å²) in [4.78, 5) is 4.11. The Balaban J connectivity index is 2.60. The number of rotatable bonds is 3. The average molecular weight is 242 g/mol. The molecule has 3 nitrogen and oxygen atoms in total. The van der Waals surface area contributed by atoms with Crippen molar-refractivity contribution in [1.29, 1.82) is 5.26 Å². The molecule has 0 unspecified atom stereocenters. The number of pyridine rings is 1. The first-order valence-corrected chi connectivity index (χ1v) is 5.41. The van der Waals surface area contributed by atoms with Crippen LogP contribution in [0.1, 0.15) is 5.56 Å². The lowest BCUT2D eigenvalue weighted by Crippen LogP contribution is -1.96. The molecule has 0 radical (unpaired) electrons. The first-order chi connectivity index (χ1) is 8.76. The van der Waals surface area contributed by atoms with Gasteiger partial charge in [-0.1, -0.05) is 12.1 Å². The molecule has 0 amide bonds. The van der Waals surface area contributed by atoms with Gasteiger partial charge in [0.1, 0.15) is 5.82 Å². The molecule has 0 bridgehead atoms. The average Bonchev–Trinajstić information content (AvgIpc) is 2.40. The van der Waals surface area contributed by atoms with E-state index in [4.69, 9.17) is 10.00 Å². The van der Waals surface area contributed by atoms with Crippen molar-refractivity contribution in [2.24, 2.45) is 0 Å². The second kappa shape index (κ2) is 5.28. The van der Waals surface area contributed by atoms with Crippen LogP contribution in [0.15, 0.2) is 36.5 Å². The third-order valence-corrected chi connectivity index (χ3v) is 2.60. The van der Waals surface area contributed by atoms with Crippen LogP contribution in [0.3, 0.4) is 0 Å². The summed E-state index contributed by atoms with van der Waals surface area (Å²) in [7, 11) is 1.52. The summed E-state index contributed by atoms with van der Waals surface area (Å²) < 4.78 is 18.1. The molecule has 18 heavy (non-hydrogen) atoms. The predicted molar refractivity (Wildman–Crippen MR) is 65.5 cm³/mol. The number of hydrogen-bond acceptors (Lipinski definition) is 3. The van der Waals surface area contributed by atoms with Gasteiger partial charge in [-0.3, -0.25) is 0 Å². The van der Waals surface area contributed by atoms with Gasteiger partial charge in [0.25, 0.3) is 0 Å². The molecule has 4 heteroatoms. The standard InChI is InChI=1S/C14H11FN2O/c1-18-14-13(10-2-4-12(15)5-3-10)11(6-8-16)7-9-17-14/h2-5,7,9H,6H2,1H3. The molecule has 0 fully saturated rings. The quantitative estimate of drug-likeness (QED) is 0.831. The van der Waals surface area contributed by atoms with Crippen LogP contribution in [0.2, 0.25) is 0 Å². The Morgan fingerprint density at radius 3 is 2.61 bits per heavy atom. The predicted octanol–water partition coefficient (Wildman–Crippen LogP) is 2.96.